The average molecular weight is 469 g/mol. The third-order valence-electron chi connectivity index (χ3n) is 6.23. The van der Waals surface area contributed by atoms with Gasteiger partial charge in [0.1, 0.15) is 0 Å². The van der Waals surface area contributed by atoms with E-state index in [4.69, 9.17) is 16.3 Å². The number of halogens is 1. The number of unbranched alkanes of at least 4 members (excludes halogenated alkanes) is 5. The molecule has 0 saturated carbocycles. The van der Waals surface area contributed by atoms with Crippen molar-refractivity contribution < 1.29 is 9.66 Å². The fraction of sp³-hybridized carbons (Fsp3) is 0.769. The molecule has 1 aromatic carbocycles. The van der Waals surface area contributed by atoms with Crippen molar-refractivity contribution in [2.75, 3.05) is 6.54 Å². The number of benzene rings is 1. The highest BCUT2D eigenvalue weighted by Gasteiger charge is 2.39. The van der Waals surface area contributed by atoms with E-state index in [2.05, 4.69) is 53.8 Å². The van der Waals surface area contributed by atoms with Crippen molar-refractivity contribution in [2.24, 2.45) is 11.3 Å². The number of nitrogens with one attached hydrogen (secondary N) is 1. The number of nitro groups is 1. The van der Waals surface area contributed by atoms with Gasteiger partial charge in [-0.25, -0.2) is 0 Å². The molecule has 184 valence electrons. The summed E-state index contributed by atoms with van der Waals surface area (Å²) >= 11 is 5.91. The maximum absolute atomic E-state index is 11.3. The van der Waals surface area contributed by atoms with Gasteiger partial charge >= 0.3 is 0 Å². The summed E-state index contributed by atoms with van der Waals surface area (Å²) < 4.78 is 6.54. The molecule has 0 spiro atoms. The largest absolute Gasteiger partial charge is 0.371 e. The SMILES string of the molecule is CCCCCCCCC(C(C)(C)C)C(C)(C)OC(C)CNCc1ccc(Cl)cc1[N+](=O)[O-]. The van der Waals surface area contributed by atoms with Crippen molar-refractivity contribution in [1.29, 1.82) is 0 Å². The van der Waals surface area contributed by atoms with Gasteiger partial charge in [-0.05, 0) is 50.7 Å². The summed E-state index contributed by atoms with van der Waals surface area (Å²) in [6.45, 7) is 16.7. The van der Waals surface area contributed by atoms with Gasteiger partial charge in [0, 0.05) is 29.7 Å². The summed E-state index contributed by atoms with van der Waals surface area (Å²) in [6.07, 6.45) is 8.97. The number of nitro benzene ring substituents is 1. The molecule has 1 aromatic rings. The smallest absolute Gasteiger partial charge is 0.275 e. The quantitative estimate of drug-likeness (QED) is 0.161. The van der Waals surface area contributed by atoms with E-state index >= 15 is 0 Å². The number of hydrogen-bond acceptors (Lipinski definition) is 4. The minimum atomic E-state index is -0.387. The fourth-order valence-electron chi connectivity index (χ4n) is 4.86. The molecule has 0 bridgehead atoms. The third kappa shape index (κ3) is 10.2. The maximum Gasteiger partial charge on any atom is 0.275 e. The van der Waals surface area contributed by atoms with Gasteiger partial charge in [-0.2, -0.15) is 0 Å². The van der Waals surface area contributed by atoms with Crippen LogP contribution in [0.2, 0.25) is 5.02 Å². The van der Waals surface area contributed by atoms with E-state index in [1.54, 1.807) is 12.1 Å². The first-order chi connectivity index (χ1) is 14.9. The lowest BCUT2D eigenvalue weighted by molar-refractivity contribution is -0.385. The molecule has 0 fully saturated rings. The Kier molecular flexibility index (Phi) is 12.2. The predicted octanol–water partition coefficient (Wildman–Crippen LogP) is 7.93. The molecule has 1 rings (SSSR count). The predicted molar refractivity (Wildman–Crippen MR) is 135 cm³/mol. The number of nitrogens with zero attached hydrogens (tertiary/aromatic N) is 1. The number of ether oxygens (including phenoxy) is 1. The molecule has 1 N–H and O–H groups in total. The fourth-order valence-corrected chi connectivity index (χ4v) is 5.03. The molecule has 6 heteroatoms. The molecule has 32 heavy (non-hydrogen) atoms. The second kappa shape index (κ2) is 13.5. The van der Waals surface area contributed by atoms with Crippen molar-refractivity contribution in [3.63, 3.8) is 0 Å². The molecule has 2 atom stereocenters. The van der Waals surface area contributed by atoms with E-state index in [-0.39, 0.29) is 27.7 Å². The first-order valence-corrected chi connectivity index (χ1v) is 12.6. The highest BCUT2D eigenvalue weighted by molar-refractivity contribution is 6.30. The molecule has 0 aromatic heterocycles. The van der Waals surface area contributed by atoms with Crippen LogP contribution in [0.1, 0.15) is 99.0 Å². The third-order valence-corrected chi connectivity index (χ3v) is 6.46. The van der Waals surface area contributed by atoms with Crippen LogP contribution in [-0.2, 0) is 11.3 Å². The zero-order valence-corrected chi connectivity index (χ0v) is 22.1. The van der Waals surface area contributed by atoms with E-state index in [0.717, 1.165) is 0 Å². The summed E-state index contributed by atoms with van der Waals surface area (Å²) in [5.41, 5.74) is 0.575. The van der Waals surface area contributed by atoms with Crippen LogP contribution in [-0.4, -0.2) is 23.2 Å². The molecular formula is C26H45ClN2O3. The van der Waals surface area contributed by atoms with Gasteiger partial charge < -0.3 is 10.1 Å². The summed E-state index contributed by atoms with van der Waals surface area (Å²) in [6, 6.07) is 4.79. The zero-order chi connectivity index (χ0) is 24.4. The highest BCUT2D eigenvalue weighted by atomic mass is 35.5. The minimum absolute atomic E-state index is 0.00856. The van der Waals surface area contributed by atoms with Crippen molar-refractivity contribution >= 4 is 17.3 Å². The Morgan fingerprint density at radius 1 is 1.09 bits per heavy atom. The Morgan fingerprint density at radius 3 is 2.31 bits per heavy atom. The Hall–Kier alpha value is -1.17. The lowest BCUT2D eigenvalue weighted by atomic mass is 9.69. The summed E-state index contributed by atoms with van der Waals surface area (Å²) in [7, 11) is 0. The normalized spacial score (nSPS) is 14.4. The molecule has 0 aliphatic heterocycles. The summed E-state index contributed by atoms with van der Waals surface area (Å²) in [4.78, 5) is 10.9. The van der Waals surface area contributed by atoms with Crippen molar-refractivity contribution in [3.8, 4) is 0 Å². The highest BCUT2D eigenvalue weighted by Crippen LogP contribution is 2.41. The number of rotatable bonds is 15. The molecule has 2 unspecified atom stereocenters. The second-order valence-electron chi connectivity index (χ2n) is 10.7. The molecule has 0 aliphatic rings. The Bertz CT molecular complexity index is 701. The van der Waals surface area contributed by atoms with Gasteiger partial charge in [0.25, 0.3) is 5.69 Å². The Morgan fingerprint density at radius 2 is 1.72 bits per heavy atom. The van der Waals surface area contributed by atoms with Crippen LogP contribution in [0.15, 0.2) is 18.2 Å². The van der Waals surface area contributed by atoms with E-state index < -0.39 is 0 Å². The Labute approximate surface area is 200 Å². The van der Waals surface area contributed by atoms with Gasteiger partial charge in [0.05, 0.1) is 16.6 Å². The van der Waals surface area contributed by atoms with Crippen LogP contribution in [0, 0.1) is 21.4 Å². The molecule has 0 saturated heterocycles. The second-order valence-corrected chi connectivity index (χ2v) is 11.1. The van der Waals surface area contributed by atoms with Crippen LogP contribution >= 0.6 is 11.6 Å². The van der Waals surface area contributed by atoms with Crippen molar-refractivity contribution in [3.05, 3.63) is 38.9 Å². The lowest BCUT2D eigenvalue weighted by Crippen LogP contribution is -2.45. The molecule has 0 heterocycles. The van der Waals surface area contributed by atoms with Gasteiger partial charge in [-0.15, -0.1) is 0 Å². The maximum atomic E-state index is 11.3. The Balaban J connectivity index is 2.61. The summed E-state index contributed by atoms with van der Waals surface area (Å²) in [5, 5.41) is 15.0. The van der Waals surface area contributed by atoms with Crippen molar-refractivity contribution in [2.45, 2.75) is 112 Å². The molecular weight excluding hydrogens is 424 g/mol. The van der Waals surface area contributed by atoms with Gasteiger partial charge in [0.2, 0.25) is 0 Å². The van der Waals surface area contributed by atoms with E-state index in [1.165, 1.54) is 51.0 Å². The van der Waals surface area contributed by atoms with Crippen LogP contribution in [0.4, 0.5) is 5.69 Å². The standard InChI is InChI=1S/C26H45ClN2O3/c1-8-9-10-11-12-13-14-24(25(3,4)5)26(6,7)32-20(2)18-28-19-21-15-16-22(27)17-23(21)29(30)31/h15-17,20,24,28H,8-14,18-19H2,1-7H3. The van der Waals surface area contributed by atoms with Crippen LogP contribution in [0.5, 0.6) is 0 Å². The van der Waals surface area contributed by atoms with Gasteiger partial charge in [0.15, 0.2) is 0 Å². The minimum Gasteiger partial charge on any atom is -0.371 e. The van der Waals surface area contributed by atoms with Crippen molar-refractivity contribution in [1.82, 2.24) is 5.32 Å². The van der Waals surface area contributed by atoms with Crippen LogP contribution in [0.25, 0.3) is 0 Å². The zero-order valence-electron chi connectivity index (χ0n) is 21.3. The van der Waals surface area contributed by atoms with E-state index in [9.17, 15) is 10.1 Å². The lowest BCUT2D eigenvalue weighted by Gasteiger charge is -2.44. The van der Waals surface area contributed by atoms with Gasteiger partial charge in [-0.3, -0.25) is 10.1 Å². The first-order valence-electron chi connectivity index (χ1n) is 12.2. The average Bonchev–Trinajstić information content (AvgIpc) is 2.66. The van der Waals surface area contributed by atoms with Gasteiger partial charge in [-0.1, -0.05) is 77.8 Å². The molecule has 0 radical (unpaired) electrons. The topological polar surface area (TPSA) is 64.4 Å². The van der Waals surface area contributed by atoms with E-state index in [0.29, 0.717) is 29.6 Å². The molecule has 5 nitrogen and oxygen atoms in total. The van der Waals surface area contributed by atoms with E-state index in [1.807, 2.05) is 0 Å². The number of hydrogen-bond donors (Lipinski definition) is 1. The summed E-state index contributed by atoms with van der Waals surface area (Å²) in [5.74, 6) is 0.445. The molecule has 0 aliphatic carbocycles. The molecule has 0 amide bonds. The van der Waals surface area contributed by atoms with Crippen LogP contribution in [0.3, 0.4) is 0 Å². The monoisotopic (exact) mass is 468 g/mol. The first kappa shape index (κ1) is 28.9. The van der Waals surface area contributed by atoms with Crippen LogP contribution < -0.4 is 5.32 Å².